The summed E-state index contributed by atoms with van der Waals surface area (Å²) in [6.45, 7) is 8.15. The number of aryl methyl sites for hydroxylation is 1. The average molecular weight is 455 g/mol. The Morgan fingerprint density at radius 3 is 2.88 bits per heavy atom. The van der Waals surface area contributed by atoms with E-state index in [0.29, 0.717) is 29.9 Å². The van der Waals surface area contributed by atoms with Gasteiger partial charge in [-0.3, -0.25) is 4.98 Å². The number of nitrogens with zero attached hydrogens (tertiary/aromatic N) is 2. The normalized spacial score (nSPS) is 18.7. The molecule has 7 heteroatoms. The summed E-state index contributed by atoms with van der Waals surface area (Å²) in [5.74, 6) is 0.623. The molecule has 170 valence electrons. The highest BCUT2D eigenvalue weighted by atomic mass is 32.2. The van der Waals surface area contributed by atoms with Crippen LogP contribution >= 0.6 is 11.9 Å². The number of fused-ring (bicyclic) bond motifs is 1. The van der Waals surface area contributed by atoms with Gasteiger partial charge in [-0.2, -0.15) is 0 Å². The molecule has 1 atom stereocenters. The molecule has 2 aliphatic rings. The van der Waals surface area contributed by atoms with E-state index in [1.807, 2.05) is 24.4 Å². The highest BCUT2D eigenvalue weighted by Crippen LogP contribution is 2.39. The van der Waals surface area contributed by atoms with Crippen molar-refractivity contribution in [2.45, 2.75) is 43.5 Å². The molecule has 6 nitrogen and oxygen atoms in total. The van der Waals surface area contributed by atoms with Gasteiger partial charge in [0.1, 0.15) is 11.3 Å². The number of aromatic nitrogens is 1. The van der Waals surface area contributed by atoms with Crippen LogP contribution in [-0.4, -0.2) is 43.9 Å². The van der Waals surface area contributed by atoms with Crippen LogP contribution in [0.15, 0.2) is 41.9 Å². The minimum absolute atomic E-state index is 0.343. The molecule has 0 radical (unpaired) electrons. The van der Waals surface area contributed by atoms with Gasteiger partial charge in [0.2, 0.25) is 0 Å². The van der Waals surface area contributed by atoms with E-state index in [0.717, 1.165) is 55.2 Å². The fourth-order valence-corrected chi connectivity index (χ4v) is 5.15. The SMILES string of the molecule is C=Cc1cc2c(cn1)N(Sc1ccc(OCC3CCOCC3)c(C(=O)OC)c1)[C@@H](C)CC2. The first-order chi connectivity index (χ1) is 15.6. The van der Waals surface area contributed by atoms with E-state index in [1.165, 1.54) is 12.7 Å². The molecule has 2 aliphatic heterocycles. The van der Waals surface area contributed by atoms with Crippen molar-refractivity contribution in [2.75, 3.05) is 31.2 Å². The van der Waals surface area contributed by atoms with Crippen LogP contribution in [0.4, 0.5) is 5.69 Å². The number of pyridine rings is 1. The molecular formula is C25H30N2O4S. The predicted molar refractivity (Wildman–Crippen MR) is 127 cm³/mol. The zero-order chi connectivity index (χ0) is 22.5. The number of ether oxygens (including phenoxy) is 3. The smallest absolute Gasteiger partial charge is 0.341 e. The van der Waals surface area contributed by atoms with Crippen LogP contribution in [0.5, 0.6) is 5.75 Å². The van der Waals surface area contributed by atoms with Gasteiger partial charge in [0.15, 0.2) is 0 Å². The zero-order valence-electron chi connectivity index (χ0n) is 18.7. The largest absolute Gasteiger partial charge is 0.492 e. The Kier molecular flexibility index (Phi) is 7.37. The van der Waals surface area contributed by atoms with Crippen LogP contribution in [0, 0.1) is 5.92 Å². The summed E-state index contributed by atoms with van der Waals surface area (Å²) in [6, 6.07) is 8.19. The van der Waals surface area contributed by atoms with E-state index >= 15 is 0 Å². The van der Waals surface area contributed by atoms with Crippen LogP contribution in [-0.2, 0) is 15.9 Å². The van der Waals surface area contributed by atoms with Gasteiger partial charge in [0.25, 0.3) is 0 Å². The number of carbonyl (C=O) groups is 1. The Morgan fingerprint density at radius 1 is 1.31 bits per heavy atom. The lowest BCUT2D eigenvalue weighted by Crippen LogP contribution is -2.31. The van der Waals surface area contributed by atoms with Gasteiger partial charge in [-0.15, -0.1) is 0 Å². The van der Waals surface area contributed by atoms with Gasteiger partial charge in [0.05, 0.1) is 31.3 Å². The number of carbonyl (C=O) groups excluding carboxylic acids is 1. The third kappa shape index (κ3) is 5.10. The van der Waals surface area contributed by atoms with Crippen molar-refractivity contribution in [1.82, 2.24) is 4.98 Å². The molecule has 0 spiro atoms. The van der Waals surface area contributed by atoms with Gasteiger partial charge in [-0.1, -0.05) is 6.58 Å². The lowest BCUT2D eigenvalue weighted by Gasteiger charge is -2.35. The van der Waals surface area contributed by atoms with Crippen LogP contribution in [0.2, 0.25) is 0 Å². The van der Waals surface area contributed by atoms with E-state index in [-0.39, 0.29) is 5.97 Å². The molecule has 0 aliphatic carbocycles. The maximum atomic E-state index is 12.5. The topological polar surface area (TPSA) is 60.9 Å². The van der Waals surface area contributed by atoms with Crippen molar-refractivity contribution in [1.29, 1.82) is 0 Å². The summed E-state index contributed by atoms with van der Waals surface area (Å²) in [5, 5.41) is 0. The molecule has 2 aromatic rings. The van der Waals surface area contributed by atoms with Crippen molar-refractivity contribution < 1.29 is 19.0 Å². The molecule has 4 rings (SSSR count). The Balaban J connectivity index is 1.55. The molecule has 0 N–H and O–H groups in total. The first-order valence-corrected chi connectivity index (χ1v) is 11.9. The monoisotopic (exact) mass is 454 g/mol. The summed E-state index contributed by atoms with van der Waals surface area (Å²) < 4.78 is 18.8. The number of anilines is 1. The minimum Gasteiger partial charge on any atom is -0.492 e. The van der Waals surface area contributed by atoms with Crippen LogP contribution in [0.1, 0.15) is 47.8 Å². The quantitative estimate of drug-likeness (QED) is 0.423. The fraction of sp³-hybridized carbons (Fsp3) is 0.440. The second-order valence-corrected chi connectivity index (χ2v) is 9.31. The van der Waals surface area contributed by atoms with E-state index in [9.17, 15) is 4.79 Å². The van der Waals surface area contributed by atoms with Gasteiger partial charge in [-0.05, 0) is 86.4 Å². The van der Waals surface area contributed by atoms with Gasteiger partial charge in [-0.25, -0.2) is 4.79 Å². The summed E-state index contributed by atoms with van der Waals surface area (Å²) >= 11 is 1.61. The Labute approximate surface area is 194 Å². The van der Waals surface area contributed by atoms with Crippen LogP contribution in [0.3, 0.4) is 0 Å². The highest BCUT2D eigenvalue weighted by molar-refractivity contribution is 8.00. The lowest BCUT2D eigenvalue weighted by molar-refractivity contribution is 0.0483. The van der Waals surface area contributed by atoms with Gasteiger partial charge in [0, 0.05) is 24.2 Å². The summed E-state index contributed by atoms with van der Waals surface area (Å²) in [5.41, 5.74) is 3.72. The standard InChI is InChI=1S/C25H30N2O4S/c1-4-20-13-19-6-5-17(2)27(23(19)15-26-20)32-21-7-8-24(22(14-21)25(28)29-3)31-16-18-9-11-30-12-10-18/h4,7-8,13-15,17-18H,1,5-6,9-12,16H2,2-3H3/t17-/m0/s1. The third-order valence-corrected chi connectivity index (χ3v) is 7.26. The van der Waals surface area contributed by atoms with Crippen molar-refractivity contribution in [3.05, 3.63) is 53.9 Å². The second-order valence-electron chi connectivity index (χ2n) is 8.26. The van der Waals surface area contributed by atoms with E-state index in [2.05, 4.69) is 28.9 Å². The molecule has 3 heterocycles. The predicted octanol–water partition coefficient (Wildman–Crippen LogP) is 5.17. The van der Waals surface area contributed by atoms with Crippen LogP contribution < -0.4 is 9.04 Å². The first-order valence-electron chi connectivity index (χ1n) is 11.1. The molecule has 0 amide bonds. The molecule has 1 saturated heterocycles. The van der Waals surface area contributed by atoms with Crippen molar-refractivity contribution in [3.8, 4) is 5.75 Å². The molecule has 0 bridgehead atoms. The molecule has 0 saturated carbocycles. The second kappa shape index (κ2) is 10.4. The Morgan fingerprint density at radius 2 is 2.12 bits per heavy atom. The fourth-order valence-electron chi connectivity index (χ4n) is 4.07. The number of hydrogen-bond donors (Lipinski definition) is 0. The van der Waals surface area contributed by atoms with Gasteiger partial charge >= 0.3 is 5.97 Å². The molecule has 1 aromatic heterocycles. The van der Waals surface area contributed by atoms with Gasteiger partial charge < -0.3 is 18.5 Å². The van der Waals surface area contributed by atoms with Crippen molar-refractivity contribution in [2.24, 2.45) is 5.92 Å². The zero-order valence-corrected chi connectivity index (χ0v) is 19.5. The first kappa shape index (κ1) is 22.7. The third-order valence-electron chi connectivity index (χ3n) is 6.04. The number of benzene rings is 1. The maximum absolute atomic E-state index is 12.5. The maximum Gasteiger partial charge on any atom is 0.341 e. The Hall–Kier alpha value is -2.51. The van der Waals surface area contributed by atoms with Crippen molar-refractivity contribution >= 4 is 29.7 Å². The van der Waals surface area contributed by atoms with E-state index < -0.39 is 0 Å². The number of esters is 1. The summed E-state index contributed by atoms with van der Waals surface area (Å²) in [6.07, 6.45) is 7.73. The minimum atomic E-state index is -0.390. The van der Waals surface area contributed by atoms with E-state index in [4.69, 9.17) is 14.2 Å². The summed E-state index contributed by atoms with van der Waals surface area (Å²) in [4.78, 5) is 18.0. The summed E-state index contributed by atoms with van der Waals surface area (Å²) in [7, 11) is 1.40. The molecule has 1 fully saturated rings. The molecule has 0 unspecified atom stereocenters. The Bertz CT molecular complexity index is 974. The number of methoxy groups -OCH3 is 1. The molecular weight excluding hydrogens is 424 g/mol. The van der Waals surface area contributed by atoms with Crippen molar-refractivity contribution in [3.63, 3.8) is 0 Å². The van der Waals surface area contributed by atoms with Crippen LogP contribution in [0.25, 0.3) is 6.08 Å². The molecule has 32 heavy (non-hydrogen) atoms. The highest BCUT2D eigenvalue weighted by Gasteiger charge is 2.26. The molecule has 1 aromatic carbocycles. The average Bonchev–Trinajstić information content (AvgIpc) is 2.84. The number of hydrogen-bond acceptors (Lipinski definition) is 7. The van der Waals surface area contributed by atoms with E-state index in [1.54, 1.807) is 18.0 Å². The lowest BCUT2D eigenvalue weighted by atomic mass is 10.00. The number of rotatable bonds is 7.